The largest absolute Gasteiger partial charge is 0.459 e. The van der Waals surface area contributed by atoms with Gasteiger partial charge in [-0.3, -0.25) is 4.90 Å². The maximum atomic E-state index is 12.0. The molecule has 0 bridgehead atoms. The van der Waals surface area contributed by atoms with Crippen molar-refractivity contribution >= 4 is 5.97 Å². The van der Waals surface area contributed by atoms with Crippen LogP contribution in [0.4, 0.5) is 0 Å². The van der Waals surface area contributed by atoms with Gasteiger partial charge in [0.15, 0.2) is 6.10 Å². The molecule has 1 aliphatic heterocycles. The summed E-state index contributed by atoms with van der Waals surface area (Å²) in [5.74, 6) is -0.268. The molecule has 0 aliphatic carbocycles. The monoisotopic (exact) mass is 303 g/mol. The second-order valence-electron chi connectivity index (χ2n) is 5.66. The van der Waals surface area contributed by atoms with Crippen molar-refractivity contribution in [3.63, 3.8) is 0 Å². The Morgan fingerprint density at radius 1 is 1.45 bits per heavy atom. The van der Waals surface area contributed by atoms with Gasteiger partial charge in [-0.2, -0.15) is 0 Å². The van der Waals surface area contributed by atoms with Crippen molar-refractivity contribution in [2.75, 3.05) is 19.7 Å². The topological polar surface area (TPSA) is 38.8 Å². The van der Waals surface area contributed by atoms with E-state index in [0.717, 1.165) is 32.5 Å². The summed E-state index contributed by atoms with van der Waals surface area (Å²) in [5, 5.41) is 0. The molecule has 2 atom stereocenters. The molecule has 1 aromatic rings. The molecule has 0 aromatic heterocycles. The minimum atomic E-state index is -0.511. The lowest BCUT2D eigenvalue weighted by molar-refractivity contribution is -0.160. The number of benzene rings is 1. The van der Waals surface area contributed by atoms with Gasteiger partial charge in [0.25, 0.3) is 0 Å². The van der Waals surface area contributed by atoms with E-state index in [4.69, 9.17) is 9.47 Å². The molecule has 1 saturated heterocycles. The maximum Gasteiger partial charge on any atom is 0.335 e. The van der Waals surface area contributed by atoms with Gasteiger partial charge in [0.2, 0.25) is 0 Å². The minimum Gasteiger partial charge on any atom is -0.459 e. The molecule has 22 heavy (non-hydrogen) atoms. The summed E-state index contributed by atoms with van der Waals surface area (Å²) in [5.41, 5.74) is 1.29. The molecule has 120 valence electrons. The summed E-state index contributed by atoms with van der Waals surface area (Å²) in [6.07, 6.45) is 2.87. The van der Waals surface area contributed by atoms with Crippen LogP contribution < -0.4 is 0 Å². The van der Waals surface area contributed by atoms with E-state index in [1.54, 1.807) is 13.0 Å². The minimum absolute atomic E-state index is 0.0262. The molecule has 0 radical (unpaired) electrons. The number of likely N-dealkylation sites (tertiary alicyclic amines) is 1. The van der Waals surface area contributed by atoms with E-state index < -0.39 is 6.10 Å². The highest BCUT2D eigenvalue weighted by Gasteiger charge is 2.27. The lowest BCUT2D eigenvalue weighted by Crippen LogP contribution is -2.30. The van der Waals surface area contributed by atoms with Gasteiger partial charge in [-0.1, -0.05) is 36.4 Å². The van der Waals surface area contributed by atoms with Gasteiger partial charge < -0.3 is 9.47 Å². The number of carbonyl (C=O) groups excluding carboxylic acids is 1. The van der Waals surface area contributed by atoms with E-state index >= 15 is 0 Å². The smallest absolute Gasteiger partial charge is 0.335 e. The average molecular weight is 303 g/mol. The normalized spacial score (nSPS) is 19.8. The fourth-order valence-corrected chi connectivity index (χ4v) is 2.53. The molecule has 0 saturated carbocycles. The van der Waals surface area contributed by atoms with Crippen LogP contribution in [0.5, 0.6) is 0 Å². The number of esters is 1. The first kappa shape index (κ1) is 16.7. The molecule has 4 nitrogen and oxygen atoms in total. The van der Waals surface area contributed by atoms with Crippen LogP contribution in [-0.4, -0.2) is 42.8 Å². The van der Waals surface area contributed by atoms with E-state index in [9.17, 15) is 4.79 Å². The van der Waals surface area contributed by atoms with Crippen LogP contribution in [0.3, 0.4) is 0 Å². The highest BCUT2D eigenvalue weighted by atomic mass is 16.6. The van der Waals surface area contributed by atoms with Crippen molar-refractivity contribution in [2.45, 2.75) is 38.5 Å². The van der Waals surface area contributed by atoms with E-state index in [1.165, 1.54) is 5.56 Å². The highest BCUT2D eigenvalue weighted by molar-refractivity contribution is 5.74. The molecule has 0 amide bonds. The molecule has 1 aromatic carbocycles. The van der Waals surface area contributed by atoms with Crippen LogP contribution in [0.2, 0.25) is 0 Å². The van der Waals surface area contributed by atoms with Crippen LogP contribution in [-0.2, 0) is 20.8 Å². The first-order valence-corrected chi connectivity index (χ1v) is 7.88. The molecule has 4 heteroatoms. The third-order valence-electron chi connectivity index (χ3n) is 3.78. The molecule has 0 spiro atoms. The number of hydrogen-bond acceptors (Lipinski definition) is 4. The molecular weight excluding hydrogens is 278 g/mol. The molecule has 1 fully saturated rings. The number of ether oxygens (including phenoxy) is 2. The standard InChI is InChI=1S/C18H25NO3/c1-3-4-12-21-15(2)18(20)22-17-10-11-19(14-17)13-16-8-6-5-7-9-16/h3,5-9,15,17H,1,4,10-14H2,2H3/t15?,17-/m1/s1. The fourth-order valence-electron chi connectivity index (χ4n) is 2.53. The molecule has 0 N–H and O–H groups in total. The van der Waals surface area contributed by atoms with E-state index in [1.807, 2.05) is 18.2 Å². The molecule has 1 heterocycles. The zero-order chi connectivity index (χ0) is 15.8. The Balaban J connectivity index is 1.71. The zero-order valence-electron chi connectivity index (χ0n) is 13.2. The van der Waals surface area contributed by atoms with Crippen LogP contribution in [0.1, 0.15) is 25.3 Å². The second-order valence-corrected chi connectivity index (χ2v) is 5.66. The number of carbonyl (C=O) groups is 1. The SMILES string of the molecule is C=CCCOC(C)C(=O)O[C@@H]1CCN(Cc2ccccc2)C1. The van der Waals surface area contributed by atoms with Gasteiger partial charge in [-0.05, 0) is 25.3 Å². The number of nitrogens with zero attached hydrogens (tertiary/aromatic N) is 1. The summed E-state index contributed by atoms with van der Waals surface area (Å²) in [6, 6.07) is 10.4. The van der Waals surface area contributed by atoms with Crippen LogP contribution >= 0.6 is 0 Å². The first-order chi connectivity index (χ1) is 10.7. The van der Waals surface area contributed by atoms with E-state index in [0.29, 0.717) is 6.61 Å². The lowest BCUT2D eigenvalue weighted by Gasteiger charge is -2.18. The van der Waals surface area contributed by atoms with Gasteiger partial charge in [0.05, 0.1) is 6.61 Å². The summed E-state index contributed by atoms with van der Waals surface area (Å²) in [4.78, 5) is 14.3. The average Bonchev–Trinajstić information content (AvgIpc) is 2.95. The maximum absolute atomic E-state index is 12.0. The molecule has 1 unspecified atom stereocenters. The summed E-state index contributed by atoms with van der Waals surface area (Å²) in [7, 11) is 0. The van der Waals surface area contributed by atoms with E-state index in [-0.39, 0.29) is 12.1 Å². The number of rotatable bonds is 8. The van der Waals surface area contributed by atoms with Gasteiger partial charge in [-0.25, -0.2) is 4.79 Å². The summed E-state index contributed by atoms with van der Waals surface area (Å²) in [6.45, 7) is 8.52. The quantitative estimate of drug-likeness (QED) is 0.420. The predicted octanol–water partition coefficient (Wildman–Crippen LogP) is 2.79. The first-order valence-electron chi connectivity index (χ1n) is 7.88. The Morgan fingerprint density at radius 3 is 2.95 bits per heavy atom. The summed E-state index contributed by atoms with van der Waals surface area (Å²) < 4.78 is 11.0. The zero-order valence-corrected chi connectivity index (χ0v) is 13.2. The summed E-state index contributed by atoms with van der Waals surface area (Å²) >= 11 is 0. The van der Waals surface area contributed by atoms with Crippen molar-refractivity contribution in [3.8, 4) is 0 Å². The lowest BCUT2D eigenvalue weighted by atomic mass is 10.2. The Labute approximate surface area is 132 Å². The van der Waals surface area contributed by atoms with Crippen LogP contribution in [0.15, 0.2) is 43.0 Å². The Kier molecular flexibility index (Phi) is 6.62. The van der Waals surface area contributed by atoms with Gasteiger partial charge in [0.1, 0.15) is 6.10 Å². The van der Waals surface area contributed by atoms with Crippen LogP contribution in [0, 0.1) is 0 Å². The molecular formula is C18H25NO3. The Morgan fingerprint density at radius 2 is 2.23 bits per heavy atom. The van der Waals surface area contributed by atoms with Crippen LogP contribution in [0.25, 0.3) is 0 Å². The third kappa shape index (κ3) is 5.28. The van der Waals surface area contributed by atoms with Crippen molar-refractivity contribution in [2.24, 2.45) is 0 Å². The van der Waals surface area contributed by atoms with Crippen molar-refractivity contribution in [1.82, 2.24) is 4.90 Å². The van der Waals surface area contributed by atoms with Gasteiger partial charge in [0, 0.05) is 19.6 Å². The van der Waals surface area contributed by atoms with Gasteiger partial charge in [-0.15, -0.1) is 6.58 Å². The Hall–Kier alpha value is -1.65. The van der Waals surface area contributed by atoms with Crippen molar-refractivity contribution in [3.05, 3.63) is 48.6 Å². The number of hydrogen-bond donors (Lipinski definition) is 0. The van der Waals surface area contributed by atoms with Gasteiger partial charge >= 0.3 is 5.97 Å². The highest BCUT2D eigenvalue weighted by Crippen LogP contribution is 2.16. The second kappa shape index (κ2) is 8.71. The molecule has 2 rings (SSSR count). The molecule has 1 aliphatic rings. The predicted molar refractivity (Wildman–Crippen MR) is 86.4 cm³/mol. The Bertz CT molecular complexity index is 474. The van der Waals surface area contributed by atoms with Crippen molar-refractivity contribution < 1.29 is 14.3 Å². The van der Waals surface area contributed by atoms with Crippen molar-refractivity contribution in [1.29, 1.82) is 0 Å². The third-order valence-corrected chi connectivity index (χ3v) is 3.78. The fraction of sp³-hybridized carbons (Fsp3) is 0.500. The van der Waals surface area contributed by atoms with E-state index in [2.05, 4.69) is 23.6 Å².